The van der Waals surface area contributed by atoms with Crippen LogP contribution in [-0.4, -0.2) is 30.6 Å². The molecule has 0 heterocycles. The molecule has 3 N–H and O–H groups in total. The summed E-state index contributed by atoms with van der Waals surface area (Å²) in [7, 11) is -3.85. The molecule has 0 aliphatic heterocycles. The summed E-state index contributed by atoms with van der Waals surface area (Å²) in [4.78, 5) is 11.2. The molecular weight excluding hydrogens is 244 g/mol. The van der Waals surface area contributed by atoms with Crippen LogP contribution in [0.2, 0.25) is 0 Å². The third-order valence-corrected chi connectivity index (χ3v) is 3.93. The molecule has 0 unspecified atom stereocenters. The van der Waals surface area contributed by atoms with Gasteiger partial charge in [0.05, 0.1) is 0 Å². The molecule has 0 spiro atoms. The lowest BCUT2D eigenvalue weighted by molar-refractivity contribution is -0.144. The Kier molecular flexibility index (Phi) is 5.12. The number of carboxylic acids is 1. The van der Waals surface area contributed by atoms with E-state index in [0.29, 0.717) is 0 Å². The molecule has 0 aromatic carbocycles. The van der Waals surface area contributed by atoms with Gasteiger partial charge in [0.2, 0.25) is 0 Å². The molecule has 0 aliphatic carbocycles. The molecule has 17 heavy (non-hydrogen) atoms. The fourth-order valence-electron chi connectivity index (χ4n) is 1.43. The topological polar surface area (TPSA) is 95.5 Å². The lowest BCUT2D eigenvalue weighted by Crippen LogP contribution is -2.59. The highest BCUT2D eigenvalue weighted by atomic mass is 32.2. The Labute approximate surface area is 103 Å². The first-order chi connectivity index (χ1) is 7.48. The summed E-state index contributed by atoms with van der Waals surface area (Å²) < 4.78 is 28.2. The molecule has 0 saturated carbocycles. The van der Waals surface area contributed by atoms with E-state index in [0.717, 1.165) is 0 Å². The lowest BCUT2D eigenvalue weighted by Gasteiger charge is -2.30. The van der Waals surface area contributed by atoms with Crippen LogP contribution in [0, 0.1) is 0 Å². The van der Waals surface area contributed by atoms with Crippen LogP contribution in [0.1, 0.15) is 47.5 Å². The first kappa shape index (κ1) is 16.3. The predicted molar refractivity (Wildman–Crippen MR) is 65.9 cm³/mol. The van der Waals surface area contributed by atoms with E-state index in [9.17, 15) is 13.2 Å². The Morgan fingerprint density at radius 1 is 1.12 bits per heavy atom. The van der Waals surface area contributed by atoms with Crippen LogP contribution in [0.5, 0.6) is 0 Å². The molecule has 0 bridgehead atoms. The molecule has 102 valence electrons. The summed E-state index contributed by atoms with van der Waals surface area (Å²) in [5, 5.41) is 9.13. The molecule has 0 fully saturated rings. The zero-order valence-corrected chi connectivity index (χ0v) is 11.8. The van der Waals surface area contributed by atoms with Gasteiger partial charge in [0.1, 0.15) is 5.54 Å². The number of carboxylic acid groups (broad SMARTS) is 1. The van der Waals surface area contributed by atoms with Gasteiger partial charge in [0.25, 0.3) is 10.2 Å². The van der Waals surface area contributed by atoms with Crippen molar-refractivity contribution in [2.24, 2.45) is 0 Å². The minimum Gasteiger partial charge on any atom is -0.480 e. The summed E-state index contributed by atoms with van der Waals surface area (Å²) in [6.07, 6.45) is 0.369. The van der Waals surface area contributed by atoms with Gasteiger partial charge in [0, 0.05) is 5.54 Å². The standard InChI is InChI=1S/C10H22N2O4S/c1-6-10(7-2,8(13)14)12-17(15,16)11-9(3,4)5/h11-12H,6-7H2,1-5H3,(H,13,14). The maximum atomic E-state index is 11.8. The number of hydrogen-bond donors (Lipinski definition) is 3. The lowest BCUT2D eigenvalue weighted by atomic mass is 9.95. The average molecular weight is 266 g/mol. The summed E-state index contributed by atoms with van der Waals surface area (Å²) in [6, 6.07) is 0. The summed E-state index contributed by atoms with van der Waals surface area (Å²) in [5.41, 5.74) is -2.10. The quantitative estimate of drug-likeness (QED) is 0.664. The van der Waals surface area contributed by atoms with E-state index in [1.165, 1.54) is 0 Å². The molecule has 0 saturated heterocycles. The van der Waals surface area contributed by atoms with Gasteiger partial charge in [-0.2, -0.15) is 17.9 Å². The Morgan fingerprint density at radius 3 is 1.76 bits per heavy atom. The van der Waals surface area contributed by atoms with Crippen molar-refractivity contribution in [3.8, 4) is 0 Å². The SMILES string of the molecule is CCC(CC)(NS(=O)(=O)NC(C)(C)C)C(=O)O. The molecular formula is C10H22N2O4S. The van der Waals surface area contributed by atoms with Crippen molar-refractivity contribution in [2.45, 2.75) is 58.5 Å². The van der Waals surface area contributed by atoms with Gasteiger partial charge < -0.3 is 5.11 Å². The summed E-state index contributed by atoms with van der Waals surface area (Å²) in [5.74, 6) is -1.17. The van der Waals surface area contributed by atoms with Gasteiger partial charge >= 0.3 is 5.97 Å². The highest BCUT2D eigenvalue weighted by molar-refractivity contribution is 7.87. The van der Waals surface area contributed by atoms with Crippen LogP contribution in [0.25, 0.3) is 0 Å². The van der Waals surface area contributed by atoms with Gasteiger partial charge in [-0.3, -0.25) is 4.79 Å². The zero-order valence-electron chi connectivity index (χ0n) is 11.0. The van der Waals surface area contributed by atoms with Crippen molar-refractivity contribution < 1.29 is 18.3 Å². The maximum absolute atomic E-state index is 11.8. The number of hydrogen-bond acceptors (Lipinski definition) is 3. The van der Waals surface area contributed by atoms with Crippen molar-refractivity contribution in [2.75, 3.05) is 0 Å². The number of nitrogens with one attached hydrogen (secondary N) is 2. The second-order valence-electron chi connectivity index (χ2n) is 5.05. The van der Waals surface area contributed by atoms with Gasteiger partial charge in [-0.1, -0.05) is 13.8 Å². The first-order valence-electron chi connectivity index (χ1n) is 5.54. The first-order valence-corrected chi connectivity index (χ1v) is 7.02. The van der Waals surface area contributed by atoms with Crippen LogP contribution >= 0.6 is 0 Å². The number of rotatable bonds is 6. The van der Waals surface area contributed by atoms with E-state index in [-0.39, 0.29) is 12.8 Å². The number of carbonyl (C=O) groups is 1. The van der Waals surface area contributed by atoms with Crippen LogP contribution in [0.15, 0.2) is 0 Å². The van der Waals surface area contributed by atoms with Crippen molar-refractivity contribution in [1.82, 2.24) is 9.44 Å². The largest absolute Gasteiger partial charge is 0.480 e. The van der Waals surface area contributed by atoms with Gasteiger partial charge in [-0.05, 0) is 33.6 Å². The molecule has 7 heteroatoms. The molecule has 0 aromatic rings. The Morgan fingerprint density at radius 2 is 1.53 bits per heavy atom. The minimum absolute atomic E-state index is 0.184. The highest BCUT2D eigenvalue weighted by Gasteiger charge is 2.39. The average Bonchev–Trinajstić information content (AvgIpc) is 2.09. The Bertz CT molecular complexity index is 366. The molecule has 0 atom stereocenters. The Hall–Kier alpha value is -0.660. The smallest absolute Gasteiger partial charge is 0.324 e. The fraction of sp³-hybridized carbons (Fsp3) is 0.900. The van der Waals surface area contributed by atoms with E-state index in [1.54, 1.807) is 34.6 Å². The molecule has 0 amide bonds. The second kappa shape index (κ2) is 5.32. The zero-order chi connectivity index (χ0) is 13.9. The third-order valence-electron chi connectivity index (χ3n) is 2.39. The minimum atomic E-state index is -3.85. The number of aliphatic carboxylic acids is 1. The van der Waals surface area contributed by atoms with E-state index < -0.39 is 27.3 Å². The summed E-state index contributed by atoms with van der Waals surface area (Å²) >= 11 is 0. The van der Waals surface area contributed by atoms with Gasteiger partial charge in [-0.15, -0.1) is 0 Å². The van der Waals surface area contributed by atoms with Crippen molar-refractivity contribution in [1.29, 1.82) is 0 Å². The van der Waals surface area contributed by atoms with Gasteiger partial charge in [0.15, 0.2) is 0 Å². The molecule has 0 rings (SSSR count). The van der Waals surface area contributed by atoms with E-state index in [4.69, 9.17) is 5.11 Å². The van der Waals surface area contributed by atoms with Gasteiger partial charge in [-0.25, -0.2) is 0 Å². The van der Waals surface area contributed by atoms with Crippen LogP contribution in [0.3, 0.4) is 0 Å². The predicted octanol–water partition coefficient (Wildman–Crippen LogP) is 0.852. The molecule has 0 aliphatic rings. The second-order valence-corrected chi connectivity index (χ2v) is 6.47. The summed E-state index contributed by atoms with van der Waals surface area (Å²) in [6.45, 7) is 8.33. The van der Waals surface area contributed by atoms with Crippen LogP contribution in [0.4, 0.5) is 0 Å². The Balaban J connectivity index is 5.08. The van der Waals surface area contributed by atoms with E-state index in [2.05, 4.69) is 9.44 Å². The van der Waals surface area contributed by atoms with Crippen LogP contribution in [-0.2, 0) is 15.0 Å². The normalized spacial score (nSPS) is 13.7. The molecule has 0 radical (unpaired) electrons. The maximum Gasteiger partial charge on any atom is 0.324 e. The van der Waals surface area contributed by atoms with E-state index >= 15 is 0 Å². The molecule has 0 aromatic heterocycles. The fourth-order valence-corrected chi connectivity index (χ4v) is 3.17. The third kappa shape index (κ3) is 5.01. The van der Waals surface area contributed by atoms with Crippen LogP contribution < -0.4 is 9.44 Å². The molecule has 6 nitrogen and oxygen atoms in total. The highest BCUT2D eigenvalue weighted by Crippen LogP contribution is 2.17. The van der Waals surface area contributed by atoms with Crippen molar-refractivity contribution >= 4 is 16.2 Å². The van der Waals surface area contributed by atoms with Crippen molar-refractivity contribution in [3.63, 3.8) is 0 Å². The monoisotopic (exact) mass is 266 g/mol. The van der Waals surface area contributed by atoms with Crippen molar-refractivity contribution in [3.05, 3.63) is 0 Å². The van der Waals surface area contributed by atoms with E-state index in [1.807, 2.05) is 0 Å².